The van der Waals surface area contributed by atoms with Gasteiger partial charge in [0.25, 0.3) is 0 Å². The van der Waals surface area contributed by atoms with Crippen LogP contribution >= 0.6 is 0 Å². The summed E-state index contributed by atoms with van der Waals surface area (Å²) in [4.78, 5) is 11.4. The van der Waals surface area contributed by atoms with Gasteiger partial charge in [-0.25, -0.2) is 4.39 Å². The Hall–Kier alpha value is -1.42. The van der Waals surface area contributed by atoms with Crippen LogP contribution in [0.15, 0.2) is 18.2 Å². The van der Waals surface area contributed by atoms with Gasteiger partial charge in [-0.2, -0.15) is 0 Å². The lowest BCUT2D eigenvalue weighted by molar-refractivity contribution is -0.121. The monoisotopic (exact) mass is 225 g/mol. The van der Waals surface area contributed by atoms with Gasteiger partial charge in [-0.15, -0.1) is 0 Å². The van der Waals surface area contributed by atoms with Crippen molar-refractivity contribution in [2.24, 2.45) is 0 Å². The number of rotatable bonds is 4. The standard InChI is InChI=1S/C12H16FNO2/c1-8(2)16-7-12(15)14-11-6-9(3)4-5-10(11)13/h4-6,8H,7H2,1-3H3,(H,14,15). The molecule has 0 aromatic heterocycles. The van der Waals surface area contributed by atoms with E-state index in [1.165, 1.54) is 6.07 Å². The first-order valence-corrected chi connectivity index (χ1v) is 5.16. The minimum absolute atomic E-state index is 0.0203. The second-order valence-corrected chi connectivity index (χ2v) is 3.89. The summed E-state index contributed by atoms with van der Waals surface area (Å²) in [5.74, 6) is -0.790. The van der Waals surface area contributed by atoms with Crippen molar-refractivity contribution in [1.29, 1.82) is 0 Å². The van der Waals surface area contributed by atoms with Crippen molar-refractivity contribution in [3.05, 3.63) is 29.6 Å². The SMILES string of the molecule is Cc1ccc(F)c(NC(=O)COC(C)C)c1. The van der Waals surface area contributed by atoms with Gasteiger partial charge in [0.2, 0.25) is 5.91 Å². The number of benzene rings is 1. The first-order chi connectivity index (χ1) is 7.49. The van der Waals surface area contributed by atoms with Crippen molar-refractivity contribution < 1.29 is 13.9 Å². The van der Waals surface area contributed by atoms with Crippen LogP contribution in [0.5, 0.6) is 0 Å². The van der Waals surface area contributed by atoms with Gasteiger partial charge >= 0.3 is 0 Å². The third kappa shape index (κ3) is 3.98. The van der Waals surface area contributed by atoms with Crippen LogP contribution in [0, 0.1) is 12.7 Å². The smallest absolute Gasteiger partial charge is 0.250 e. The fourth-order valence-electron chi connectivity index (χ4n) is 1.16. The van der Waals surface area contributed by atoms with Gasteiger partial charge in [0.15, 0.2) is 0 Å². The molecule has 0 aliphatic heterocycles. The maximum Gasteiger partial charge on any atom is 0.250 e. The van der Waals surface area contributed by atoms with E-state index in [1.807, 2.05) is 20.8 Å². The molecule has 88 valence electrons. The molecule has 1 N–H and O–H groups in total. The second-order valence-electron chi connectivity index (χ2n) is 3.89. The van der Waals surface area contributed by atoms with Crippen LogP contribution in [0.25, 0.3) is 0 Å². The summed E-state index contributed by atoms with van der Waals surface area (Å²) in [5, 5.41) is 2.47. The van der Waals surface area contributed by atoms with Crippen LogP contribution in [0.1, 0.15) is 19.4 Å². The number of carbonyl (C=O) groups excluding carboxylic acids is 1. The van der Waals surface area contributed by atoms with E-state index < -0.39 is 5.82 Å². The lowest BCUT2D eigenvalue weighted by atomic mass is 10.2. The molecule has 0 saturated carbocycles. The number of halogens is 1. The molecule has 0 aliphatic rings. The Morgan fingerprint density at radius 3 is 2.81 bits per heavy atom. The quantitative estimate of drug-likeness (QED) is 0.855. The Morgan fingerprint density at radius 2 is 2.19 bits per heavy atom. The molecule has 4 heteroatoms. The van der Waals surface area contributed by atoms with Crippen molar-refractivity contribution in [2.75, 3.05) is 11.9 Å². The van der Waals surface area contributed by atoms with E-state index in [0.717, 1.165) is 5.56 Å². The van der Waals surface area contributed by atoms with E-state index in [4.69, 9.17) is 4.74 Å². The Bertz CT molecular complexity index is 377. The molecule has 0 radical (unpaired) electrons. The van der Waals surface area contributed by atoms with Gasteiger partial charge in [0.1, 0.15) is 12.4 Å². The topological polar surface area (TPSA) is 38.3 Å². The minimum atomic E-state index is -0.441. The van der Waals surface area contributed by atoms with E-state index in [-0.39, 0.29) is 24.3 Å². The predicted molar refractivity (Wildman–Crippen MR) is 60.9 cm³/mol. The van der Waals surface area contributed by atoms with Crippen LogP contribution in [-0.4, -0.2) is 18.6 Å². The molecular formula is C12H16FNO2. The molecule has 0 bridgehead atoms. The molecule has 3 nitrogen and oxygen atoms in total. The average molecular weight is 225 g/mol. The second kappa shape index (κ2) is 5.61. The van der Waals surface area contributed by atoms with Crippen molar-refractivity contribution in [3.8, 4) is 0 Å². The van der Waals surface area contributed by atoms with Crippen molar-refractivity contribution >= 4 is 11.6 Å². The van der Waals surface area contributed by atoms with Crippen molar-refractivity contribution in [3.63, 3.8) is 0 Å². The highest BCUT2D eigenvalue weighted by Gasteiger charge is 2.07. The fraction of sp³-hybridized carbons (Fsp3) is 0.417. The number of carbonyl (C=O) groups is 1. The van der Waals surface area contributed by atoms with Gasteiger partial charge in [0, 0.05) is 0 Å². The summed E-state index contributed by atoms with van der Waals surface area (Å²) >= 11 is 0. The van der Waals surface area contributed by atoms with Crippen molar-refractivity contribution in [2.45, 2.75) is 26.9 Å². The lowest BCUT2D eigenvalue weighted by Gasteiger charge is -2.09. The molecule has 0 unspecified atom stereocenters. The summed E-state index contributed by atoms with van der Waals surface area (Å²) < 4.78 is 18.4. The van der Waals surface area contributed by atoms with Gasteiger partial charge in [-0.05, 0) is 38.5 Å². The number of amides is 1. The molecule has 1 aromatic rings. The summed E-state index contributed by atoms with van der Waals surface area (Å²) in [7, 11) is 0. The first-order valence-electron chi connectivity index (χ1n) is 5.16. The highest BCUT2D eigenvalue weighted by molar-refractivity contribution is 5.91. The molecule has 16 heavy (non-hydrogen) atoms. The van der Waals surface area contributed by atoms with E-state index in [0.29, 0.717) is 0 Å². The summed E-state index contributed by atoms with van der Waals surface area (Å²) in [6.45, 7) is 5.44. The molecule has 1 aromatic carbocycles. The van der Waals surface area contributed by atoms with E-state index in [2.05, 4.69) is 5.32 Å². The van der Waals surface area contributed by atoms with Gasteiger partial charge < -0.3 is 10.1 Å². The zero-order valence-corrected chi connectivity index (χ0v) is 9.71. The highest BCUT2D eigenvalue weighted by Crippen LogP contribution is 2.15. The number of hydrogen-bond acceptors (Lipinski definition) is 2. The molecule has 1 amide bonds. The average Bonchev–Trinajstić information content (AvgIpc) is 2.20. The number of nitrogens with one attached hydrogen (secondary N) is 1. The van der Waals surface area contributed by atoms with Crippen LogP contribution in [0.3, 0.4) is 0 Å². The third-order valence-electron chi connectivity index (χ3n) is 1.94. The molecule has 0 spiro atoms. The van der Waals surface area contributed by atoms with Gasteiger partial charge in [0.05, 0.1) is 11.8 Å². The summed E-state index contributed by atoms with van der Waals surface area (Å²) in [6, 6.07) is 4.56. The van der Waals surface area contributed by atoms with Gasteiger partial charge in [-0.1, -0.05) is 6.07 Å². The molecule has 0 heterocycles. The Labute approximate surface area is 94.6 Å². The fourth-order valence-corrected chi connectivity index (χ4v) is 1.16. The zero-order chi connectivity index (χ0) is 12.1. The molecule has 1 rings (SSSR count). The van der Waals surface area contributed by atoms with Crippen LogP contribution in [-0.2, 0) is 9.53 Å². The number of anilines is 1. The van der Waals surface area contributed by atoms with E-state index in [9.17, 15) is 9.18 Å². The normalized spacial score (nSPS) is 10.6. The Kier molecular flexibility index (Phi) is 4.43. The largest absolute Gasteiger partial charge is 0.369 e. The van der Waals surface area contributed by atoms with E-state index >= 15 is 0 Å². The van der Waals surface area contributed by atoms with E-state index in [1.54, 1.807) is 12.1 Å². The van der Waals surface area contributed by atoms with Crippen LogP contribution in [0.4, 0.5) is 10.1 Å². The number of ether oxygens (including phenoxy) is 1. The lowest BCUT2D eigenvalue weighted by Crippen LogP contribution is -2.21. The maximum atomic E-state index is 13.3. The van der Waals surface area contributed by atoms with Gasteiger partial charge in [-0.3, -0.25) is 4.79 Å². The number of aryl methyl sites for hydroxylation is 1. The molecular weight excluding hydrogens is 209 g/mol. The first kappa shape index (κ1) is 12.6. The van der Waals surface area contributed by atoms with Crippen molar-refractivity contribution in [1.82, 2.24) is 0 Å². The molecule has 0 atom stereocenters. The summed E-state index contributed by atoms with van der Waals surface area (Å²) in [5.41, 5.74) is 1.08. The molecule has 0 fully saturated rings. The summed E-state index contributed by atoms with van der Waals surface area (Å²) in [6.07, 6.45) is -0.0203. The van der Waals surface area contributed by atoms with Crippen LogP contribution < -0.4 is 5.32 Å². The Balaban J connectivity index is 2.59. The third-order valence-corrected chi connectivity index (χ3v) is 1.94. The minimum Gasteiger partial charge on any atom is -0.369 e. The highest BCUT2D eigenvalue weighted by atomic mass is 19.1. The van der Waals surface area contributed by atoms with Crippen LogP contribution in [0.2, 0.25) is 0 Å². The Morgan fingerprint density at radius 1 is 1.50 bits per heavy atom. The zero-order valence-electron chi connectivity index (χ0n) is 9.71. The predicted octanol–water partition coefficient (Wildman–Crippen LogP) is 2.50. The molecule has 0 saturated heterocycles. The number of hydrogen-bond donors (Lipinski definition) is 1. The maximum absolute atomic E-state index is 13.3. The molecule has 0 aliphatic carbocycles.